The van der Waals surface area contributed by atoms with Crippen LogP contribution in [0.15, 0.2) is 53.3 Å². The molecule has 0 aliphatic rings. The Labute approximate surface area is 172 Å². The standard InChI is InChI=1S/C19H20ClN5S2/c1-4-9-25-17(12-26-18-21-13(2)10-14(3)22-18)23-24-19(25)27-11-15-5-7-16(20)8-6-15/h4-8,10H,1,9,11-12H2,2-3H3. The van der Waals surface area contributed by atoms with Gasteiger partial charge in [0, 0.05) is 28.7 Å². The third kappa shape index (κ3) is 5.57. The van der Waals surface area contributed by atoms with Gasteiger partial charge in [0.1, 0.15) is 5.82 Å². The van der Waals surface area contributed by atoms with Crippen LogP contribution in [0.5, 0.6) is 0 Å². The van der Waals surface area contributed by atoms with E-state index in [0.717, 1.165) is 38.3 Å². The summed E-state index contributed by atoms with van der Waals surface area (Å²) in [5.74, 6) is 2.35. The summed E-state index contributed by atoms with van der Waals surface area (Å²) in [6, 6.07) is 9.82. The summed E-state index contributed by atoms with van der Waals surface area (Å²) >= 11 is 9.17. The molecule has 0 atom stereocenters. The molecular formula is C19H20ClN5S2. The molecule has 0 spiro atoms. The smallest absolute Gasteiger partial charge is 0.191 e. The Bertz CT molecular complexity index is 904. The van der Waals surface area contributed by atoms with E-state index in [1.54, 1.807) is 23.5 Å². The maximum atomic E-state index is 5.95. The molecule has 0 unspecified atom stereocenters. The average molecular weight is 418 g/mol. The van der Waals surface area contributed by atoms with Crippen LogP contribution in [0.25, 0.3) is 0 Å². The van der Waals surface area contributed by atoms with Crippen LogP contribution in [0.4, 0.5) is 0 Å². The number of hydrogen-bond acceptors (Lipinski definition) is 6. The molecule has 0 aliphatic carbocycles. The van der Waals surface area contributed by atoms with Crippen molar-refractivity contribution in [2.45, 2.75) is 42.2 Å². The third-order valence-electron chi connectivity index (χ3n) is 3.68. The monoisotopic (exact) mass is 417 g/mol. The molecule has 0 N–H and O–H groups in total. The molecule has 8 heteroatoms. The number of thioether (sulfide) groups is 2. The summed E-state index contributed by atoms with van der Waals surface area (Å²) in [7, 11) is 0. The van der Waals surface area contributed by atoms with Crippen LogP contribution < -0.4 is 0 Å². The summed E-state index contributed by atoms with van der Waals surface area (Å²) in [5, 5.41) is 11.1. The lowest BCUT2D eigenvalue weighted by Crippen LogP contribution is -2.03. The van der Waals surface area contributed by atoms with E-state index in [0.29, 0.717) is 12.3 Å². The maximum Gasteiger partial charge on any atom is 0.191 e. The third-order valence-corrected chi connectivity index (χ3v) is 5.81. The Morgan fingerprint density at radius 2 is 1.74 bits per heavy atom. The Hall–Kier alpha value is -1.83. The first-order chi connectivity index (χ1) is 13.0. The van der Waals surface area contributed by atoms with E-state index in [1.165, 1.54) is 5.56 Å². The summed E-state index contributed by atoms with van der Waals surface area (Å²) in [6.45, 7) is 8.47. The van der Waals surface area contributed by atoms with Gasteiger partial charge < -0.3 is 4.57 Å². The fraction of sp³-hybridized carbons (Fsp3) is 0.263. The number of allylic oxidation sites excluding steroid dienone is 1. The van der Waals surface area contributed by atoms with Crippen molar-refractivity contribution >= 4 is 35.1 Å². The van der Waals surface area contributed by atoms with E-state index in [9.17, 15) is 0 Å². The van der Waals surface area contributed by atoms with E-state index in [-0.39, 0.29) is 0 Å². The SMILES string of the molecule is C=CCn1c(CSc2nc(C)cc(C)n2)nnc1SCc1ccc(Cl)cc1. The minimum absolute atomic E-state index is 0.658. The number of halogens is 1. The van der Waals surface area contributed by atoms with Crippen LogP contribution in [0.3, 0.4) is 0 Å². The molecule has 3 rings (SSSR count). The fourth-order valence-corrected chi connectivity index (χ4v) is 4.40. The highest BCUT2D eigenvalue weighted by Crippen LogP contribution is 2.25. The van der Waals surface area contributed by atoms with E-state index < -0.39 is 0 Å². The van der Waals surface area contributed by atoms with E-state index in [4.69, 9.17) is 11.6 Å². The number of hydrogen-bond donors (Lipinski definition) is 0. The summed E-state index contributed by atoms with van der Waals surface area (Å²) in [5.41, 5.74) is 3.13. The van der Waals surface area contributed by atoms with Gasteiger partial charge >= 0.3 is 0 Å². The number of rotatable bonds is 8. The fourth-order valence-electron chi connectivity index (χ4n) is 2.46. The molecule has 0 fully saturated rings. The van der Waals surface area contributed by atoms with Gasteiger partial charge in [0.25, 0.3) is 0 Å². The van der Waals surface area contributed by atoms with Gasteiger partial charge in [-0.2, -0.15) is 0 Å². The van der Waals surface area contributed by atoms with Crippen molar-refractivity contribution in [2.75, 3.05) is 0 Å². The predicted molar refractivity (Wildman–Crippen MR) is 112 cm³/mol. The molecule has 5 nitrogen and oxygen atoms in total. The zero-order valence-corrected chi connectivity index (χ0v) is 17.6. The van der Waals surface area contributed by atoms with Crippen LogP contribution >= 0.6 is 35.1 Å². The number of nitrogens with zero attached hydrogens (tertiary/aromatic N) is 5. The van der Waals surface area contributed by atoms with Crippen molar-refractivity contribution in [2.24, 2.45) is 0 Å². The maximum absolute atomic E-state index is 5.95. The number of aromatic nitrogens is 5. The van der Waals surface area contributed by atoms with E-state index >= 15 is 0 Å². The highest BCUT2D eigenvalue weighted by atomic mass is 35.5. The molecule has 0 radical (unpaired) electrons. The molecule has 0 bridgehead atoms. The van der Waals surface area contributed by atoms with Crippen molar-refractivity contribution in [3.63, 3.8) is 0 Å². The summed E-state index contributed by atoms with van der Waals surface area (Å²) in [4.78, 5) is 8.95. The minimum atomic E-state index is 0.658. The molecule has 140 valence electrons. The highest BCUT2D eigenvalue weighted by molar-refractivity contribution is 7.98. The highest BCUT2D eigenvalue weighted by Gasteiger charge is 2.13. The summed E-state index contributed by atoms with van der Waals surface area (Å²) in [6.07, 6.45) is 1.86. The van der Waals surface area contributed by atoms with Gasteiger partial charge in [0.2, 0.25) is 0 Å². The van der Waals surface area contributed by atoms with Crippen molar-refractivity contribution in [3.05, 3.63) is 70.8 Å². The molecule has 0 aliphatic heterocycles. The second-order valence-corrected chi connectivity index (χ2v) is 8.26. The molecular weight excluding hydrogens is 398 g/mol. The molecule has 0 saturated carbocycles. The van der Waals surface area contributed by atoms with Gasteiger partial charge in [-0.05, 0) is 37.6 Å². The van der Waals surface area contributed by atoms with Crippen molar-refractivity contribution in [1.82, 2.24) is 24.7 Å². The first-order valence-electron chi connectivity index (χ1n) is 8.40. The van der Waals surface area contributed by atoms with Gasteiger partial charge in [-0.3, -0.25) is 0 Å². The lowest BCUT2D eigenvalue weighted by atomic mass is 10.2. The van der Waals surface area contributed by atoms with Crippen LogP contribution in [-0.4, -0.2) is 24.7 Å². The second kappa shape index (κ2) is 9.39. The molecule has 0 saturated heterocycles. The topological polar surface area (TPSA) is 56.5 Å². The minimum Gasteiger partial charge on any atom is -0.301 e. The van der Waals surface area contributed by atoms with Crippen molar-refractivity contribution < 1.29 is 0 Å². The van der Waals surface area contributed by atoms with Gasteiger partial charge in [0.05, 0.1) is 5.75 Å². The van der Waals surface area contributed by atoms with Crippen LogP contribution in [0.1, 0.15) is 22.8 Å². The molecule has 3 aromatic rings. The lowest BCUT2D eigenvalue weighted by molar-refractivity contribution is 0.700. The van der Waals surface area contributed by atoms with Gasteiger partial charge in [-0.25, -0.2) is 9.97 Å². The Morgan fingerprint density at radius 3 is 2.41 bits per heavy atom. The molecule has 0 amide bonds. The first-order valence-corrected chi connectivity index (χ1v) is 10.8. The molecule has 2 heterocycles. The normalized spacial score (nSPS) is 10.9. The van der Waals surface area contributed by atoms with E-state index in [2.05, 4.69) is 31.3 Å². The van der Waals surface area contributed by atoms with Crippen molar-refractivity contribution in [1.29, 1.82) is 0 Å². The summed E-state index contributed by atoms with van der Waals surface area (Å²) < 4.78 is 2.09. The average Bonchev–Trinajstić information content (AvgIpc) is 3.01. The zero-order chi connectivity index (χ0) is 19.2. The molecule has 1 aromatic carbocycles. The van der Waals surface area contributed by atoms with Crippen LogP contribution in [-0.2, 0) is 18.1 Å². The predicted octanol–water partition coefficient (Wildman–Crippen LogP) is 5.11. The lowest BCUT2D eigenvalue weighted by Gasteiger charge is -2.08. The number of benzene rings is 1. The van der Waals surface area contributed by atoms with Crippen LogP contribution in [0, 0.1) is 13.8 Å². The van der Waals surface area contributed by atoms with Gasteiger partial charge in [0.15, 0.2) is 10.3 Å². The van der Waals surface area contributed by atoms with Crippen LogP contribution in [0.2, 0.25) is 5.02 Å². The Balaban J connectivity index is 1.70. The number of aryl methyl sites for hydroxylation is 2. The largest absolute Gasteiger partial charge is 0.301 e. The first kappa shape index (κ1) is 19.9. The zero-order valence-electron chi connectivity index (χ0n) is 15.2. The molecule has 2 aromatic heterocycles. The van der Waals surface area contributed by atoms with Gasteiger partial charge in [-0.15, -0.1) is 16.8 Å². The second-order valence-electron chi connectivity index (χ2n) is 5.94. The quantitative estimate of drug-likeness (QED) is 0.288. The van der Waals surface area contributed by atoms with Gasteiger partial charge in [-0.1, -0.05) is 53.3 Å². The Morgan fingerprint density at radius 1 is 1.04 bits per heavy atom. The Kier molecular flexibility index (Phi) is 6.93. The van der Waals surface area contributed by atoms with Crippen molar-refractivity contribution in [3.8, 4) is 0 Å². The molecule has 27 heavy (non-hydrogen) atoms. The van der Waals surface area contributed by atoms with E-state index in [1.807, 2.05) is 50.3 Å².